The van der Waals surface area contributed by atoms with Gasteiger partial charge in [-0.25, -0.2) is 5.84 Å². The van der Waals surface area contributed by atoms with E-state index in [1.165, 1.54) is 17.8 Å². The average Bonchev–Trinajstić information content (AvgIpc) is 2.37. The molecule has 0 spiro atoms. The van der Waals surface area contributed by atoms with Gasteiger partial charge in [0.2, 0.25) is 5.91 Å². The fourth-order valence-electron chi connectivity index (χ4n) is 1.48. The molecule has 1 aromatic rings. The second kappa shape index (κ2) is 6.36. The molecule has 4 nitrogen and oxygen atoms in total. The minimum atomic E-state index is -4.42. The van der Waals surface area contributed by atoms with Crippen molar-refractivity contribution in [2.45, 2.75) is 30.2 Å². The summed E-state index contributed by atoms with van der Waals surface area (Å²) in [4.78, 5) is 11.9. The van der Waals surface area contributed by atoms with Gasteiger partial charge in [0.1, 0.15) is 0 Å². The number of hydrogen-bond donors (Lipinski definition) is 3. The summed E-state index contributed by atoms with van der Waals surface area (Å²) >= 11 is 1.23. The number of hydrogen-bond acceptors (Lipinski definition) is 4. The van der Waals surface area contributed by atoms with Crippen molar-refractivity contribution in [3.8, 4) is 0 Å². The van der Waals surface area contributed by atoms with Crippen molar-refractivity contribution in [3.63, 3.8) is 0 Å². The number of halogens is 3. The highest BCUT2D eigenvalue weighted by atomic mass is 32.2. The van der Waals surface area contributed by atoms with Gasteiger partial charge in [-0.3, -0.25) is 10.2 Å². The van der Waals surface area contributed by atoms with E-state index in [1.54, 1.807) is 13.8 Å². The van der Waals surface area contributed by atoms with E-state index in [4.69, 9.17) is 11.6 Å². The Balaban J connectivity index is 2.86. The predicted octanol–water partition coefficient (Wildman–Crippen LogP) is 2.39. The van der Waals surface area contributed by atoms with Gasteiger partial charge in [-0.05, 0) is 18.2 Å². The van der Waals surface area contributed by atoms with Crippen LogP contribution in [-0.2, 0) is 11.0 Å². The molecule has 0 aliphatic heterocycles. The number of nitrogen functional groups attached to an aromatic ring is 1. The van der Waals surface area contributed by atoms with E-state index in [2.05, 4.69) is 0 Å². The average molecular weight is 307 g/mol. The van der Waals surface area contributed by atoms with Crippen LogP contribution >= 0.6 is 11.8 Å². The summed E-state index contributed by atoms with van der Waals surface area (Å²) in [5.41, 5.74) is 6.92. The van der Waals surface area contributed by atoms with Crippen LogP contribution in [-0.4, -0.2) is 11.2 Å². The summed E-state index contributed by atoms with van der Waals surface area (Å²) in [5.74, 6) is 4.31. The van der Waals surface area contributed by atoms with Crippen molar-refractivity contribution in [2.24, 2.45) is 11.8 Å². The molecule has 20 heavy (non-hydrogen) atoms. The van der Waals surface area contributed by atoms with Crippen molar-refractivity contribution in [3.05, 3.63) is 23.8 Å². The molecule has 0 radical (unpaired) electrons. The Bertz CT molecular complexity index is 493. The van der Waals surface area contributed by atoms with Gasteiger partial charge in [0.05, 0.1) is 5.56 Å². The van der Waals surface area contributed by atoms with Gasteiger partial charge in [-0.15, -0.1) is 11.8 Å². The topological polar surface area (TPSA) is 81.1 Å². The van der Waals surface area contributed by atoms with Gasteiger partial charge < -0.3 is 5.73 Å². The molecule has 0 bridgehead atoms. The maximum absolute atomic E-state index is 12.5. The predicted molar refractivity (Wildman–Crippen MR) is 72.7 cm³/mol. The first-order chi connectivity index (χ1) is 9.16. The van der Waals surface area contributed by atoms with Gasteiger partial charge >= 0.3 is 6.18 Å². The van der Waals surface area contributed by atoms with Crippen molar-refractivity contribution in [1.82, 2.24) is 5.43 Å². The Morgan fingerprint density at radius 2 is 1.95 bits per heavy atom. The second-order valence-electron chi connectivity index (χ2n) is 4.37. The quantitative estimate of drug-likeness (QED) is 0.262. The minimum absolute atomic E-state index is 0.0389. The third kappa shape index (κ3) is 4.04. The molecule has 0 aliphatic carbocycles. The van der Waals surface area contributed by atoms with Gasteiger partial charge in [0, 0.05) is 21.8 Å². The molecule has 8 heteroatoms. The number of carbonyl (C=O) groups is 1. The molecule has 0 aliphatic rings. The minimum Gasteiger partial charge on any atom is -0.398 e. The zero-order valence-corrected chi connectivity index (χ0v) is 11.8. The van der Waals surface area contributed by atoms with Crippen LogP contribution in [0.4, 0.5) is 18.9 Å². The van der Waals surface area contributed by atoms with Crippen LogP contribution in [0.15, 0.2) is 23.1 Å². The monoisotopic (exact) mass is 307 g/mol. The Morgan fingerprint density at radius 1 is 1.35 bits per heavy atom. The number of rotatable bonds is 4. The Kier molecular flexibility index (Phi) is 5.29. The second-order valence-corrected chi connectivity index (χ2v) is 5.79. The molecule has 1 amide bonds. The first-order valence-electron chi connectivity index (χ1n) is 5.80. The number of carbonyl (C=O) groups excluding carboxylic acids is 1. The molecule has 2 atom stereocenters. The normalized spacial score (nSPS) is 14.7. The molecule has 0 heterocycles. The first kappa shape index (κ1) is 16.6. The lowest BCUT2D eigenvalue weighted by Crippen LogP contribution is -2.38. The maximum Gasteiger partial charge on any atom is 0.416 e. The molecule has 0 aromatic heterocycles. The number of nitrogens with one attached hydrogen (secondary N) is 1. The van der Waals surface area contributed by atoms with Crippen molar-refractivity contribution in [1.29, 1.82) is 0 Å². The van der Waals surface area contributed by atoms with Crippen LogP contribution in [0.3, 0.4) is 0 Å². The molecular weight excluding hydrogens is 291 g/mol. The summed E-state index contributed by atoms with van der Waals surface area (Å²) in [5, 5.41) is -0.183. The van der Waals surface area contributed by atoms with Crippen LogP contribution in [0.1, 0.15) is 19.4 Å². The highest BCUT2D eigenvalue weighted by Crippen LogP contribution is 2.36. The largest absolute Gasteiger partial charge is 0.416 e. The zero-order chi connectivity index (χ0) is 15.5. The number of anilines is 1. The van der Waals surface area contributed by atoms with E-state index < -0.39 is 17.7 Å². The SMILES string of the molecule is CC(Sc1ccc(C(F)(F)F)cc1N)C(C)C(=O)NN. The molecule has 1 rings (SSSR count). The van der Waals surface area contributed by atoms with Crippen LogP contribution in [0.5, 0.6) is 0 Å². The molecular formula is C12H16F3N3OS. The van der Waals surface area contributed by atoms with E-state index in [-0.39, 0.29) is 16.8 Å². The van der Waals surface area contributed by atoms with E-state index in [9.17, 15) is 18.0 Å². The standard InChI is InChI=1S/C12H16F3N3OS/c1-6(11(19)18-17)7(2)20-10-4-3-8(5-9(10)16)12(13,14)15/h3-7H,16-17H2,1-2H3,(H,18,19). The Morgan fingerprint density at radius 3 is 2.40 bits per heavy atom. The lowest BCUT2D eigenvalue weighted by molar-refractivity contribution is -0.137. The summed E-state index contributed by atoms with van der Waals surface area (Å²) < 4.78 is 37.5. The number of benzene rings is 1. The number of thioether (sulfide) groups is 1. The highest BCUT2D eigenvalue weighted by molar-refractivity contribution is 8.00. The fraction of sp³-hybridized carbons (Fsp3) is 0.417. The molecule has 2 unspecified atom stereocenters. The van der Waals surface area contributed by atoms with Crippen molar-refractivity contribution < 1.29 is 18.0 Å². The van der Waals surface area contributed by atoms with Crippen molar-refractivity contribution >= 4 is 23.4 Å². The maximum atomic E-state index is 12.5. The Labute approximate surface area is 119 Å². The highest BCUT2D eigenvalue weighted by Gasteiger charge is 2.31. The molecule has 0 saturated heterocycles. The first-order valence-corrected chi connectivity index (χ1v) is 6.68. The van der Waals surface area contributed by atoms with Crippen LogP contribution in [0, 0.1) is 5.92 Å². The number of alkyl halides is 3. The van der Waals surface area contributed by atoms with E-state index in [0.29, 0.717) is 4.90 Å². The van der Waals surface area contributed by atoms with E-state index in [0.717, 1.165) is 12.1 Å². The van der Waals surface area contributed by atoms with E-state index in [1.807, 2.05) is 5.43 Å². The summed E-state index contributed by atoms with van der Waals surface area (Å²) in [6.45, 7) is 3.46. The van der Waals surface area contributed by atoms with Gasteiger partial charge in [-0.1, -0.05) is 13.8 Å². The molecule has 0 fully saturated rings. The van der Waals surface area contributed by atoms with Gasteiger partial charge in [0.15, 0.2) is 0 Å². The van der Waals surface area contributed by atoms with Gasteiger partial charge in [0.25, 0.3) is 0 Å². The smallest absolute Gasteiger partial charge is 0.398 e. The fourth-order valence-corrected chi connectivity index (χ4v) is 2.55. The van der Waals surface area contributed by atoms with E-state index >= 15 is 0 Å². The summed E-state index contributed by atoms with van der Waals surface area (Å²) in [7, 11) is 0. The van der Waals surface area contributed by atoms with Gasteiger partial charge in [-0.2, -0.15) is 13.2 Å². The lowest BCUT2D eigenvalue weighted by Gasteiger charge is -2.19. The Hall–Kier alpha value is -1.41. The lowest BCUT2D eigenvalue weighted by atomic mass is 10.1. The van der Waals surface area contributed by atoms with Crippen LogP contribution in [0.25, 0.3) is 0 Å². The molecule has 0 saturated carbocycles. The molecule has 112 valence electrons. The number of nitrogens with two attached hydrogens (primary N) is 2. The number of amides is 1. The zero-order valence-electron chi connectivity index (χ0n) is 11.0. The molecule has 5 N–H and O–H groups in total. The third-order valence-electron chi connectivity index (χ3n) is 2.91. The summed E-state index contributed by atoms with van der Waals surface area (Å²) in [6, 6.07) is 3.17. The number of hydrazine groups is 1. The third-order valence-corrected chi connectivity index (χ3v) is 4.32. The summed E-state index contributed by atoms with van der Waals surface area (Å²) in [6.07, 6.45) is -4.42. The molecule has 1 aromatic carbocycles. The van der Waals surface area contributed by atoms with Crippen LogP contribution in [0.2, 0.25) is 0 Å². The van der Waals surface area contributed by atoms with Crippen LogP contribution < -0.4 is 17.0 Å². The van der Waals surface area contributed by atoms with Crippen molar-refractivity contribution in [2.75, 3.05) is 5.73 Å².